The molecule has 0 aromatic rings. The molecule has 2 heterocycles. The van der Waals surface area contributed by atoms with Gasteiger partial charge in [-0.3, -0.25) is 0 Å². The minimum absolute atomic E-state index is 0.210. The van der Waals surface area contributed by atoms with Gasteiger partial charge in [-0.1, -0.05) is 0 Å². The molecule has 1 spiro atoms. The van der Waals surface area contributed by atoms with Crippen molar-refractivity contribution in [1.29, 1.82) is 0 Å². The van der Waals surface area contributed by atoms with Crippen molar-refractivity contribution in [2.45, 2.75) is 40.2 Å². The molecular formula is C12H24NO3P. The van der Waals surface area contributed by atoms with Crippen LogP contribution in [0.25, 0.3) is 0 Å². The molecule has 0 aromatic heterocycles. The number of hydrogen-bond acceptors (Lipinski definition) is 4. The first-order valence-electron chi connectivity index (χ1n) is 6.52. The summed E-state index contributed by atoms with van der Waals surface area (Å²) in [6, 6.07) is 0. The average molecular weight is 261 g/mol. The van der Waals surface area contributed by atoms with E-state index in [9.17, 15) is 0 Å². The standard InChI is InChI=1S/C12H24NO3P/c1-5-13(6-2)17(10-8-12(4)16-17)14-9-7-11(3)15-17/h8,11H,5-7,9-10H2,1-4H3. The van der Waals surface area contributed by atoms with Crippen LogP contribution in [0.2, 0.25) is 0 Å². The molecule has 0 aliphatic carbocycles. The average Bonchev–Trinajstić information content (AvgIpc) is 2.58. The third kappa shape index (κ3) is 2.01. The molecule has 1 unspecified atom stereocenters. The zero-order valence-electron chi connectivity index (χ0n) is 11.3. The van der Waals surface area contributed by atoms with Gasteiger partial charge in [0, 0.05) is 0 Å². The van der Waals surface area contributed by atoms with E-state index in [-0.39, 0.29) is 6.10 Å². The topological polar surface area (TPSA) is 30.9 Å². The van der Waals surface area contributed by atoms with Crippen molar-refractivity contribution in [3.63, 3.8) is 0 Å². The van der Waals surface area contributed by atoms with Crippen LogP contribution in [0.3, 0.4) is 0 Å². The van der Waals surface area contributed by atoms with Gasteiger partial charge in [-0.2, -0.15) is 0 Å². The molecule has 0 amide bonds. The Balaban J connectivity index is 2.36. The fourth-order valence-corrected chi connectivity index (χ4v) is 7.35. The molecule has 1 fully saturated rings. The van der Waals surface area contributed by atoms with E-state index in [2.05, 4.69) is 31.5 Å². The van der Waals surface area contributed by atoms with Gasteiger partial charge in [-0.15, -0.1) is 0 Å². The minimum atomic E-state index is -3.07. The summed E-state index contributed by atoms with van der Waals surface area (Å²) in [7, 11) is -3.07. The molecule has 100 valence electrons. The second-order valence-corrected chi connectivity index (χ2v) is 8.34. The molecular weight excluding hydrogens is 237 g/mol. The SMILES string of the molecule is CCN(CC)P12(CC=C(C)O1)OCCC(C)O2. The molecule has 4 nitrogen and oxygen atoms in total. The number of allylic oxidation sites excluding steroid dienone is 2. The Hall–Kier alpha value is -0.150. The Morgan fingerprint density at radius 1 is 1.41 bits per heavy atom. The van der Waals surface area contributed by atoms with Crippen LogP contribution in [-0.2, 0) is 13.6 Å². The Bertz CT molecular complexity index is 332. The first-order valence-corrected chi connectivity index (χ1v) is 8.65. The summed E-state index contributed by atoms with van der Waals surface area (Å²) >= 11 is 0. The molecule has 2 aliphatic heterocycles. The molecule has 1 atom stereocenters. The van der Waals surface area contributed by atoms with Crippen LogP contribution in [-0.4, -0.2) is 36.6 Å². The Kier molecular flexibility index (Phi) is 3.52. The van der Waals surface area contributed by atoms with Gasteiger partial charge in [-0.25, -0.2) is 0 Å². The number of rotatable bonds is 3. The normalized spacial score (nSPS) is 32.9. The third-order valence-corrected chi connectivity index (χ3v) is 8.11. The van der Waals surface area contributed by atoms with Crippen molar-refractivity contribution < 1.29 is 13.6 Å². The van der Waals surface area contributed by atoms with E-state index in [1.54, 1.807) is 0 Å². The van der Waals surface area contributed by atoms with Gasteiger partial charge in [0.25, 0.3) is 0 Å². The zero-order chi connectivity index (χ0) is 12.5. The van der Waals surface area contributed by atoms with Crippen LogP contribution in [0.4, 0.5) is 0 Å². The van der Waals surface area contributed by atoms with Crippen LogP contribution in [0.1, 0.15) is 34.1 Å². The summed E-state index contributed by atoms with van der Waals surface area (Å²) in [5.74, 6) is 0.934. The molecule has 2 rings (SSSR count). The Morgan fingerprint density at radius 3 is 2.59 bits per heavy atom. The van der Waals surface area contributed by atoms with Crippen LogP contribution >= 0.6 is 7.43 Å². The van der Waals surface area contributed by atoms with E-state index in [1.165, 1.54) is 0 Å². The van der Waals surface area contributed by atoms with E-state index in [0.717, 1.165) is 38.0 Å². The van der Waals surface area contributed by atoms with Gasteiger partial charge in [0.1, 0.15) is 0 Å². The van der Waals surface area contributed by atoms with Crippen molar-refractivity contribution in [2.75, 3.05) is 25.9 Å². The predicted octanol–water partition coefficient (Wildman–Crippen LogP) is 3.30. The van der Waals surface area contributed by atoms with Crippen molar-refractivity contribution in [2.24, 2.45) is 0 Å². The molecule has 2 aliphatic rings. The van der Waals surface area contributed by atoms with Crippen LogP contribution in [0, 0.1) is 0 Å². The van der Waals surface area contributed by atoms with Crippen molar-refractivity contribution in [3.05, 3.63) is 11.8 Å². The van der Waals surface area contributed by atoms with E-state index >= 15 is 0 Å². The summed E-state index contributed by atoms with van der Waals surface area (Å²) in [5, 5.41) is 0. The Labute approximate surface area is 104 Å². The van der Waals surface area contributed by atoms with E-state index < -0.39 is 7.43 Å². The maximum absolute atomic E-state index is 6.30. The monoisotopic (exact) mass is 261 g/mol. The molecule has 5 heteroatoms. The van der Waals surface area contributed by atoms with E-state index in [1.807, 2.05) is 6.92 Å². The van der Waals surface area contributed by atoms with Crippen LogP contribution in [0.15, 0.2) is 11.8 Å². The molecule has 0 N–H and O–H groups in total. The summed E-state index contributed by atoms with van der Waals surface area (Å²) < 4.78 is 20.9. The van der Waals surface area contributed by atoms with E-state index in [4.69, 9.17) is 13.6 Å². The summed E-state index contributed by atoms with van der Waals surface area (Å²) in [4.78, 5) is 0. The Morgan fingerprint density at radius 2 is 2.12 bits per heavy atom. The quantitative estimate of drug-likeness (QED) is 0.729. The number of hydrogen-bond donors (Lipinski definition) is 0. The first-order chi connectivity index (χ1) is 8.04. The maximum atomic E-state index is 6.30. The van der Waals surface area contributed by atoms with Gasteiger partial charge in [0.2, 0.25) is 0 Å². The number of nitrogens with zero attached hydrogens (tertiary/aromatic N) is 1. The van der Waals surface area contributed by atoms with Gasteiger partial charge in [0.15, 0.2) is 0 Å². The van der Waals surface area contributed by atoms with Gasteiger partial charge in [0.05, 0.1) is 0 Å². The molecule has 0 aromatic carbocycles. The van der Waals surface area contributed by atoms with Crippen molar-refractivity contribution in [1.82, 2.24) is 4.67 Å². The second kappa shape index (κ2) is 4.51. The van der Waals surface area contributed by atoms with Crippen LogP contribution in [0.5, 0.6) is 0 Å². The first kappa shape index (κ1) is 13.3. The molecule has 1 saturated heterocycles. The van der Waals surface area contributed by atoms with E-state index in [0.29, 0.717) is 0 Å². The van der Waals surface area contributed by atoms with Crippen molar-refractivity contribution >= 4 is 7.43 Å². The van der Waals surface area contributed by atoms with Crippen LogP contribution < -0.4 is 0 Å². The fraction of sp³-hybridized carbons (Fsp3) is 0.833. The summed E-state index contributed by atoms with van der Waals surface area (Å²) in [6.07, 6.45) is 4.03. The van der Waals surface area contributed by atoms with Gasteiger partial charge in [-0.05, 0) is 0 Å². The predicted molar refractivity (Wildman–Crippen MR) is 70.7 cm³/mol. The fourth-order valence-electron chi connectivity index (χ4n) is 2.71. The second-order valence-electron chi connectivity index (χ2n) is 4.76. The third-order valence-electron chi connectivity index (χ3n) is 3.54. The zero-order valence-corrected chi connectivity index (χ0v) is 12.2. The van der Waals surface area contributed by atoms with Crippen molar-refractivity contribution in [3.8, 4) is 0 Å². The molecule has 17 heavy (non-hydrogen) atoms. The molecule has 0 bridgehead atoms. The summed E-state index contributed by atoms with van der Waals surface area (Å²) in [5.41, 5.74) is 0. The molecule has 0 radical (unpaired) electrons. The summed E-state index contributed by atoms with van der Waals surface area (Å²) in [6.45, 7) is 10.9. The molecule has 0 saturated carbocycles. The van der Waals surface area contributed by atoms with Gasteiger partial charge < -0.3 is 0 Å². The van der Waals surface area contributed by atoms with Gasteiger partial charge >= 0.3 is 104 Å².